The van der Waals surface area contributed by atoms with Crippen molar-refractivity contribution < 1.29 is 9.50 Å². The number of hydrogen-bond donors (Lipinski definition) is 2. The fraction of sp³-hybridized carbons (Fsp3) is 0.571. The van der Waals surface area contributed by atoms with Crippen molar-refractivity contribution in [1.29, 1.82) is 0 Å². The van der Waals surface area contributed by atoms with E-state index in [0.717, 1.165) is 24.0 Å². The fourth-order valence-electron chi connectivity index (χ4n) is 2.49. The lowest BCUT2D eigenvalue weighted by Gasteiger charge is -2.25. The summed E-state index contributed by atoms with van der Waals surface area (Å²) >= 11 is 3.26. The molecule has 1 aliphatic heterocycles. The Balaban J connectivity index is 1.98. The summed E-state index contributed by atoms with van der Waals surface area (Å²) in [6.45, 7) is 3.14. The van der Waals surface area contributed by atoms with Gasteiger partial charge in [0.25, 0.3) is 0 Å². The first-order valence-electron chi connectivity index (χ1n) is 6.69. The lowest BCUT2D eigenvalue weighted by atomic mass is 10.1. The quantitative estimate of drug-likeness (QED) is 0.838. The van der Waals surface area contributed by atoms with Crippen molar-refractivity contribution >= 4 is 15.9 Å². The van der Waals surface area contributed by atoms with E-state index in [1.165, 1.54) is 12.5 Å². The highest BCUT2D eigenvalue weighted by molar-refractivity contribution is 9.10. The minimum Gasteiger partial charge on any atom is -0.395 e. The molecule has 1 aromatic rings. The SMILES string of the molecule is OCCN(Cc1ccc(Br)cc1F)CC1CCCN1. The Kier molecular flexibility index (Phi) is 5.76. The zero-order valence-corrected chi connectivity index (χ0v) is 12.5. The molecule has 1 aromatic carbocycles. The van der Waals surface area contributed by atoms with E-state index in [9.17, 15) is 4.39 Å². The van der Waals surface area contributed by atoms with Gasteiger partial charge in [-0.05, 0) is 31.5 Å². The highest BCUT2D eigenvalue weighted by atomic mass is 79.9. The van der Waals surface area contributed by atoms with Crippen LogP contribution in [-0.4, -0.2) is 42.3 Å². The standard InChI is InChI=1S/C14H20BrFN2O/c15-12-4-3-11(14(16)8-12)9-18(6-7-19)10-13-2-1-5-17-13/h3-4,8,13,17,19H,1-2,5-7,9-10H2. The number of benzene rings is 1. The number of nitrogens with zero attached hydrogens (tertiary/aromatic N) is 1. The molecule has 1 atom stereocenters. The molecular formula is C14H20BrFN2O. The Morgan fingerprint density at radius 2 is 2.32 bits per heavy atom. The third kappa shape index (κ3) is 4.53. The van der Waals surface area contributed by atoms with Crippen molar-refractivity contribution in [2.45, 2.75) is 25.4 Å². The monoisotopic (exact) mass is 330 g/mol. The molecule has 19 heavy (non-hydrogen) atoms. The number of aliphatic hydroxyl groups is 1. The van der Waals surface area contributed by atoms with Crippen LogP contribution in [0.15, 0.2) is 22.7 Å². The van der Waals surface area contributed by atoms with Crippen molar-refractivity contribution in [1.82, 2.24) is 10.2 Å². The molecule has 1 unspecified atom stereocenters. The van der Waals surface area contributed by atoms with Crippen molar-refractivity contribution in [3.63, 3.8) is 0 Å². The highest BCUT2D eigenvalue weighted by Crippen LogP contribution is 2.17. The summed E-state index contributed by atoms with van der Waals surface area (Å²) in [6.07, 6.45) is 2.36. The van der Waals surface area contributed by atoms with Gasteiger partial charge in [0.15, 0.2) is 0 Å². The van der Waals surface area contributed by atoms with Crippen LogP contribution >= 0.6 is 15.9 Å². The molecule has 1 heterocycles. The maximum Gasteiger partial charge on any atom is 0.128 e. The molecule has 106 valence electrons. The molecule has 0 spiro atoms. The minimum absolute atomic E-state index is 0.102. The van der Waals surface area contributed by atoms with Gasteiger partial charge < -0.3 is 10.4 Å². The van der Waals surface area contributed by atoms with Gasteiger partial charge in [-0.1, -0.05) is 22.0 Å². The van der Waals surface area contributed by atoms with E-state index in [2.05, 4.69) is 26.1 Å². The topological polar surface area (TPSA) is 35.5 Å². The Hall–Kier alpha value is -0.490. The van der Waals surface area contributed by atoms with Crippen molar-refractivity contribution in [3.8, 4) is 0 Å². The van der Waals surface area contributed by atoms with Crippen molar-refractivity contribution in [3.05, 3.63) is 34.1 Å². The van der Waals surface area contributed by atoms with Crippen LogP contribution < -0.4 is 5.32 Å². The molecule has 1 aliphatic rings. The van der Waals surface area contributed by atoms with Gasteiger partial charge >= 0.3 is 0 Å². The Labute approximate surface area is 121 Å². The van der Waals surface area contributed by atoms with Gasteiger partial charge in [0.2, 0.25) is 0 Å². The van der Waals surface area contributed by atoms with E-state index in [0.29, 0.717) is 24.7 Å². The van der Waals surface area contributed by atoms with Gasteiger partial charge in [-0.3, -0.25) is 4.90 Å². The molecule has 0 saturated carbocycles. The Morgan fingerprint density at radius 1 is 1.47 bits per heavy atom. The number of rotatable bonds is 6. The second-order valence-electron chi connectivity index (χ2n) is 4.99. The van der Waals surface area contributed by atoms with Crippen LogP contribution in [0.3, 0.4) is 0 Å². The van der Waals surface area contributed by atoms with E-state index in [-0.39, 0.29) is 12.4 Å². The molecule has 5 heteroatoms. The second-order valence-corrected chi connectivity index (χ2v) is 5.90. The number of hydrogen-bond acceptors (Lipinski definition) is 3. The predicted octanol–water partition coefficient (Wildman–Crippen LogP) is 2.13. The molecule has 0 bridgehead atoms. The lowest BCUT2D eigenvalue weighted by Crippen LogP contribution is -2.38. The van der Waals surface area contributed by atoms with Crippen LogP contribution in [0.1, 0.15) is 18.4 Å². The van der Waals surface area contributed by atoms with Gasteiger partial charge in [0, 0.05) is 35.7 Å². The zero-order valence-electron chi connectivity index (χ0n) is 10.9. The third-order valence-corrected chi connectivity index (χ3v) is 3.96. The highest BCUT2D eigenvalue weighted by Gasteiger charge is 2.18. The molecule has 0 aromatic heterocycles. The fourth-order valence-corrected chi connectivity index (χ4v) is 2.82. The van der Waals surface area contributed by atoms with E-state index < -0.39 is 0 Å². The molecule has 0 aliphatic carbocycles. The van der Waals surface area contributed by atoms with Crippen LogP contribution in [0.5, 0.6) is 0 Å². The van der Waals surface area contributed by atoms with Crippen molar-refractivity contribution in [2.75, 3.05) is 26.2 Å². The van der Waals surface area contributed by atoms with Crippen LogP contribution in [0.25, 0.3) is 0 Å². The number of nitrogens with one attached hydrogen (secondary N) is 1. The van der Waals surface area contributed by atoms with Crippen LogP contribution in [0.4, 0.5) is 4.39 Å². The first-order valence-corrected chi connectivity index (χ1v) is 7.49. The molecule has 0 amide bonds. The number of halogens is 2. The summed E-state index contributed by atoms with van der Waals surface area (Å²) in [6, 6.07) is 5.60. The first-order chi connectivity index (χ1) is 9.19. The van der Waals surface area contributed by atoms with E-state index in [1.807, 2.05) is 6.07 Å². The molecule has 2 N–H and O–H groups in total. The zero-order chi connectivity index (χ0) is 13.7. The summed E-state index contributed by atoms with van der Waals surface area (Å²) in [4.78, 5) is 2.11. The van der Waals surface area contributed by atoms with Crippen LogP contribution in [0.2, 0.25) is 0 Å². The van der Waals surface area contributed by atoms with Crippen LogP contribution in [0, 0.1) is 5.82 Å². The Bertz CT molecular complexity index is 410. The largest absolute Gasteiger partial charge is 0.395 e. The normalized spacial score (nSPS) is 19.3. The Morgan fingerprint density at radius 3 is 2.95 bits per heavy atom. The van der Waals surface area contributed by atoms with Gasteiger partial charge in [-0.15, -0.1) is 0 Å². The average molecular weight is 331 g/mol. The van der Waals surface area contributed by atoms with Gasteiger partial charge in [0.1, 0.15) is 5.82 Å². The second kappa shape index (κ2) is 7.33. The average Bonchev–Trinajstić information content (AvgIpc) is 2.86. The van der Waals surface area contributed by atoms with Gasteiger partial charge in [-0.2, -0.15) is 0 Å². The minimum atomic E-state index is -0.198. The molecular weight excluding hydrogens is 311 g/mol. The van der Waals surface area contributed by atoms with E-state index in [1.54, 1.807) is 6.07 Å². The van der Waals surface area contributed by atoms with Crippen molar-refractivity contribution in [2.24, 2.45) is 0 Å². The molecule has 2 rings (SSSR count). The van der Waals surface area contributed by atoms with E-state index >= 15 is 0 Å². The van der Waals surface area contributed by atoms with Crippen LogP contribution in [-0.2, 0) is 6.54 Å². The van der Waals surface area contributed by atoms with Gasteiger partial charge in [-0.25, -0.2) is 4.39 Å². The summed E-state index contributed by atoms with van der Waals surface area (Å²) in [5.74, 6) is -0.198. The maximum absolute atomic E-state index is 13.8. The number of aliphatic hydroxyl groups excluding tert-OH is 1. The van der Waals surface area contributed by atoms with E-state index in [4.69, 9.17) is 5.11 Å². The summed E-state index contributed by atoms with van der Waals surface area (Å²) < 4.78 is 14.6. The summed E-state index contributed by atoms with van der Waals surface area (Å²) in [5, 5.41) is 12.6. The molecule has 1 fully saturated rings. The lowest BCUT2D eigenvalue weighted by molar-refractivity contribution is 0.177. The molecule has 0 radical (unpaired) electrons. The summed E-state index contributed by atoms with van der Waals surface area (Å²) in [5.41, 5.74) is 0.676. The molecule has 3 nitrogen and oxygen atoms in total. The summed E-state index contributed by atoms with van der Waals surface area (Å²) in [7, 11) is 0. The first kappa shape index (κ1) is 14.9. The maximum atomic E-state index is 13.8. The molecule has 1 saturated heterocycles. The van der Waals surface area contributed by atoms with Gasteiger partial charge in [0.05, 0.1) is 6.61 Å². The smallest absolute Gasteiger partial charge is 0.128 e. The third-order valence-electron chi connectivity index (χ3n) is 3.47. The predicted molar refractivity (Wildman–Crippen MR) is 77.5 cm³/mol.